The van der Waals surface area contributed by atoms with Gasteiger partial charge in [0, 0.05) is 0 Å². The maximum absolute atomic E-state index is 11.9. The van der Waals surface area contributed by atoms with Gasteiger partial charge in [0.05, 0.1) is 13.0 Å². The lowest BCUT2D eigenvalue weighted by Crippen LogP contribution is -2.17. The zero-order chi connectivity index (χ0) is 16.1. The molecular weight excluding hydrogens is 260 g/mol. The molecule has 0 aliphatic heterocycles. The van der Waals surface area contributed by atoms with Gasteiger partial charge in [-0.15, -0.1) is 0 Å². The minimum Gasteiger partial charge on any atom is -0.469 e. The average molecular weight is 299 g/mol. The first kappa shape index (κ1) is 20.5. The molecule has 126 valence electrons. The molecule has 0 saturated carbocycles. The molecule has 0 aliphatic carbocycles. The molecule has 2 heteroatoms. The highest BCUT2D eigenvalue weighted by Gasteiger charge is 2.19. The number of esters is 1. The molecule has 0 saturated heterocycles. The number of carbonyl (C=O) groups is 1. The van der Waals surface area contributed by atoms with Crippen molar-refractivity contribution in [3.63, 3.8) is 0 Å². The number of hydrogen-bond acceptors (Lipinski definition) is 2. The smallest absolute Gasteiger partial charge is 0.308 e. The summed E-state index contributed by atoms with van der Waals surface area (Å²) in [5.74, 6) is 1.68. The third-order valence-corrected chi connectivity index (χ3v) is 4.60. The van der Waals surface area contributed by atoms with Crippen LogP contribution in [0.2, 0.25) is 0 Å². The van der Waals surface area contributed by atoms with Crippen molar-refractivity contribution in [3.05, 3.63) is 0 Å². The highest BCUT2D eigenvalue weighted by Crippen LogP contribution is 2.23. The van der Waals surface area contributed by atoms with Crippen LogP contribution in [-0.2, 0) is 9.53 Å². The quantitative estimate of drug-likeness (QED) is 0.308. The van der Waals surface area contributed by atoms with Gasteiger partial charge in [-0.25, -0.2) is 0 Å². The van der Waals surface area contributed by atoms with Gasteiger partial charge in [0.2, 0.25) is 0 Å². The Morgan fingerprint density at radius 3 is 1.86 bits per heavy atom. The Morgan fingerprint density at radius 1 is 0.810 bits per heavy atom. The van der Waals surface area contributed by atoms with Crippen LogP contribution >= 0.6 is 0 Å². The van der Waals surface area contributed by atoms with Gasteiger partial charge in [-0.3, -0.25) is 4.79 Å². The second-order valence-electron chi connectivity index (χ2n) is 6.87. The number of hydrogen-bond donors (Lipinski definition) is 0. The van der Waals surface area contributed by atoms with Gasteiger partial charge in [0.25, 0.3) is 0 Å². The lowest BCUT2D eigenvalue weighted by molar-refractivity contribution is -0.146. The maximum atomic E-state index is 11.9. The van der Waals surface area contributed by atoms with E-state index in [1.54, 1.807) is 0 Å². The van der Waals surface area contributed by atoms with Crippen LogP contribution in [0.25, 0.3) is 0 Å². The van der Waals surface area contributed by atoms with Crippen LogP contribution in [0.15, 0.2) is 0 Å². The molecule has 0 fully saturated rings. The summed E-state index contributed by atoms with van der Waals surface area (Å²) in [6.45, 7) is 9.12. The van der Waals surface area contributed by atoms with Crippen LogP contribution in [-0.4, -0.2) is 13.1 Å². The van der Waals surface area contributed by atoms with Gasteiger partial charge < -0.3 is 4.74 Å². The number of methoxy groups -OCH3 is 1. The molecular formula is C19H38O2. The molecule has 0 radical (unpaired) electrons. The molecule has 0 heterocycles. The average Bonchev–Trinajstić information content (AvgIpc) is 2.46. The van der Waals surface area contributed by atoms with E-state index < -0.39 is 0 Å². The van der Waals surface area contributed by atoms with E-state index in [2.05, 4.69) is 27.7 Å². The molecule has 0 N–H and O–H groups in total. The van der Waals surface area contributed by atoms with E-state index >= 15 is 0 Å². The van der Waals surface area contributed by atoms with Crippen molar-refractivity contribution < 1.29 is 9.53 Å². The Morgan fingerprint density at radius 2 is 1.33 bits per heavy atom. The van der Waals surface area contributed by atoms with Crippen LogP contribution in [0.4, 0.5) is 0 Å². The summed E-state index contributed by atoms with van der Waals surface area (Å²) in [5.41, 5.74) is 0. The fourth-order valence-corrected chi connectivity index (χ4v) is 3.19. The van der Waals surface area contributed by atoms with Gasteiger partial charge in [-0.2, -0.15) is 0 Å². The number of ether oxygens (including phenoxy) is 1. The highest BCUT2D eigenvalue weighted by atomic mass is 16.5. The zero-order valence-electron chi connectivity index (χ0n) is 15.1. The predicted molar refractivity (Wildman–Crippen MR) is 91.4 cm³/mol. The standard InChI is InChI=1S/C19H38O2/c1-6-10-16(3)12-8-9-13-18(19(20)21-5)15-14-17(4)11-7-2/h16-18H,6-15H2,1-5H3. The summed E-state index contributed by atoms with van der Waals surface area (Å²) in [5, 5.41) is 0. The number of carbonyl (C=O) groups excluding carboxylic acids is 1. The molecule has 3 unspecified atom stereocenters. The lowest BCUT2D eigenvalue weighted by Gasteiger charge is -2.17. The molecule has 0 aromatic carbocycles. The van der Waals surface area contributed by atoms with Crippen molar-refractivity contribution >= 4 is 5.97 Å². The van der Waals surface area contributed by atoms with E-state index in [1.807, 2.05) is 0 Å². The van der Waals surface area contributed by atoms with Crippen molar-refractivity contribution in [3.8, 4) is 0 Å². The fraction of sp³-hybridized carbons (Fsp3) is 0.947. The maximum Gasteiger partial charge on any atom is 0.308 e. The Bertz CT molecular complexity index is 250. The predicted octanol–water partition coefficient (Wildman–Crippen LogP) is 5.99. The SMILES string of the molecule is CCCC(C)CCCCC(CCC(C)CCC)C(=O)OC. The normalized spacial score (nSPS) is 15.5. The molecule has 0 aromatic rings. The Labute approximate surface area is 133 Å². The molecule has 2 nitrogen and oxygen atoms in total. The van der Waals surface area contributed by atoms with E-state index in [0.29, 0.717) is 0 Å². The van der Waals surface area contributed by atoms with Gasteiger partial charge in [-0.05, 0) is 31.1 Å². The molecule has 21 heavy (non-hydrogen) atoms. The molecule has 0 bridgehead atoms. The fourth-order valence-electron chi connectivity index (χ4n) is 3.19. The largest absolute Gasteiger partial charge is 0.469 e. The zero-order valence-corrected chi connectivity index (χ0v) is 15.1. The summed E-state index contributed by atoms with van der Waals surface area (Å²) >= 11 is 0. The van der Waals surface area contributed by atoms with Gasteiger partial charge in [0.1, 0.15) is 0 Å². The first-order chi connectivity index (χ1) is 10.0. The third-order valence-electron chi connectivity index (χ3n) is 4.60. The highest BCUT2D eigenvalue weighted by molar-refractivity contribution is 5.72. The third kappa shape index (κ3) is 10.8. The minimum absolute atomic E-state index is 0.000283. The second kappa shape index (κ2) is 13.2. The van der Waals surface area contributed by atoms with Crippen molar-refractivity contribution in [2.75, 3.05) is 7.11 Å². The van der Waals surface area contributed by atoms with E-state index in [0.717, 1.165) is 37.5 Å². The van der Waals surface area contributed by atoms with Crippen LogP contribution in [0.5, 0.6) is 0 Å². The topological polar surface area (TPSA) is 26.3 Å². The summed E-state index contributed by atoms with van der Waals surface area (Å²) in [6, 6.07) is 0. The molecule has 0 aliphatic rings. The van der Waals surface area contributed by atoms with Crippen molar-refractivity contribution in [1.82, 2.24) is 0 Å². The summed E-state index contributed by atoms with van der Waals surface area (Å²) < 4.78 is 4.98. The van der Waals surface area contributed by atoms with E-state index in [1.165, 1.54) is 45.6 Å². The molecule has 0 rings (SSSR count). The molecule has 0 spiro atoms. The Balaban J connectivity index is 3.99. The van der Waals surface area contributed by atoms with Crippen LogP contribution < -0.4 is 0 Å². The second-order valence-corrected chi connectivity index (χ2v) is 6.87. The first-order valence-electron chi connectivity index (χ1n) is 9.12. The van der Waals surface area contributed by atoms with Gasteiger partial charge in [-0.1, -0.05) is 72.6 Å². The monoisotopic (exact) mass is 298 g/mol. The molecule has 0 aromatic heterocycles. The minimum atomic E-state index is 0.000283. The number of unbranched alkanes of at least 4 members (excludes halogenated alkanes) is 1. The van der Waals surface area contributed by atoms with E-state index in [9.17, 15) is 4.79 Å². The van der Waals surface area contributed by atoms with Gasteiger partial charge >= 0.3 is 5.97 Å². The Hall–Kier alpha value is -0.530. The number of rotatable bonds is 13. The van der Waals surface area contributed by atoms with Crippen LogP contribution in [0.3, 0.4) is 0 Å². The van der Waals surface area contributed by atoms with Gasteiger partial charge in [0.15, 0.2) is 0 Å². The van der Waals surface area contributed by atoms with Crippen molar-refractivity contribution in [2.45, 2.75) is 91.9 Å². The van der Waals surface area contributed by atoms with Crippen LogP contribution in [0.1, 0.15) is 91.9 Å². The van der Waals surface area contributed by atoms with Crippen LogP contribution in [0, 0.1) is 17.8 Å². The summed E-state index contributed by atoms with van der Waals surface area (Å²) in [7, 11) is 1.52. The Kier molecular flexibility index (Phi) is 12.8. The van der Waals surface area contributed by atoms with Crippen molar-refractivity contribution in [1.29, 1.82) is 0 Å². The summed E-state index contributed by atoms with van der Waals surface area (Å²) in [4.78, 5) is 11.9. The van der Waals surface area contributed by atoms with Crippen molar-refractivity contribution in [2.24, 2.45) is 17.8 Å². The molecule has 0 amide bonds. The summed E-state index contributed by atoms with van der Waals surface area (Å²) in [6.07, 6.45) is 12.0. The first-order valence-corrected chi connectivity index (χ1v) is 9.12. The molecule has 3 atom stereocenters. The van der Waals surface area contributed by atoms with E-state index in [4.69, 9.17) is 4.74 Å². The van der Waals surface area contributed by atoms with E-state index in [-0.39, 0.29) is 11.9 Å². The lowest BCUT2D eigenvalue weighted by atomic mass is 9.90.